The summed E-state index contributed by atoms with van der Waals surface area (Å²) in [6, 6.07) is 14.0. The minimum atomic E-state index is -0.269. The van der Waals surface area contributed by atoms with Gasteiger partial charge in [0.2, 0.25) is 0 Å². The Morgan fingerprint density at radius 1 is 0.600 bits per heavy atom. The quantitative estimate of drug-likeness (QED) is 0.160. The van der Waals surface area contributed by atoms with Crippen LogP contribution in [-0.2, 0) is 0 Å². The van der Waals surface area contributed by atoms with Gasteiger partial charge in [0, 0.05) is 0 Å². The minimum absolute atomic E-state index is 0.0667. The molecule has 0 nitrogen and oxygen atoms in total. The van der Waals surface area contributed by atoms with Crippen LogP contribution in [0.2, 0.25) is 0 Å². The van der Waals surface area contributed by atoms with Gasteiger partial charge >= 0.3 is 230 Å². The fraction of sp³-hybridized carbons (Fsp3) is 0. The second-order valence-electron chi connectivity index (χ2n) is 8.14. The Kier molecular flexibility index (Phi) is 5.00. The third-order valence-corrected chi connectivity index (χ3v) is 18.5. The van der Waals surface area contributed by atoms with Crippen LogP contribution in [-0.4, -0.2) is 58.0 Å². The van der Waals surface area contributed by atoms with E-state index >= 15 is 4.39 Å². The number of hydrogen-bond acceptors (Lipinski definition) is 2. The molecule has 8 aromatic rings. The van der Waals surface area contributed by atoms with E-state index in [9.17, 15) is 8.78 Å². The van der Waals surface area contributed by atoms with Gasteiger partial charge in [-0.1, -0.05) is 0 Å². The van der Waals surface area contributed by atoms with Crippen molar-refractivity contribution in [1.29, 1.82) is 0 Å². The summed E-state index contributed by atoms with van der Waals surface area (Å²) >= 11 is 3.38. The van der Waals surface area contributed by atoms with E-state index in [-0.39, 0.29) is 75.5 Å². The van der Waals surface area contributed by atoms with E-state index in [1.54, 1.807) is 28.7 Å². The van der Waals surface area contributed by atoms with E-state index in [1.165, 1.54) is 45.0 Å². The molecule has 0 N–H and O–H groups in total. The van der Waals surface area contributed by atoms with Crippen LogP contribution in [0.3, 0.4) is 0 Å². The Balaban J connectivity index is 1.35. The van der Waals surface area contributed by atoms with E-state index in [2.05, 4.69) is 24.3 Å². The van der Waals surface area contributed by atoms with Gasteiger partial charge in [0.1, 0.15) is 0 Å². The van der Waals surface area contributed by atoms with Crippen molar-refractivity contribution in [1.82, 2.24) is 0 Å². The molecule has 6 heterocycles. The Labute approximate surface area is 228 Å². The number of benzene rings is 2. The Morgan fingerprint density at radius 3 is 1.94 bits per heavy atom. The molecular weight excluding hydrogens is 749 g/mol. The molecule has 6 aromatic heterocycles. The first-order valence-corrected chi connectivity index (χ1v) is 19.2. The van der Waals surface area contributed by atoms with Crippen molar-refractivity contribution < 1.29 is 13.2 Å². The topological polar surface area (TPSA) is 0 Å². The molecule has 0 saturated heterocycles. The first kappa shape index (κ1) is 22.0. The summed E-state index contributed by atoms with van der Waals surface area (Å²) in [6.45, 7) is 0. The monoisotopic (exact) mass is 762 g/mol. The Bertz CT molecular complexity index is 2110. The van der Waals surface area contributed by atoms with Crippen LogP contribution >= 0.6 is 22.7 Å². The third kappa shape index (κ3) is 3.22. The molecule has 170 valence electrons. The van der Waals surface area contributed by atoms with E-state index in [1.807, 2.05) is 15.9 Å². The van der Waals surface area contributed by atoms with Gasteiger partial charge < -0.3 is 0 Å². The number of fused-ring (bicyclic) bond motifs is 7. The molecule has 2 aromatic carbocycles. The molecule has 0 amide bonds. The molecule has 0 aliphatic carbocycles. The van der Waals surface area contributed by atoms with Crippen LogP contribution in [0, 0.1) is 17.5 Å². The summed E-state index contributed by atoms with van der Waals surface area (Å²) in [5.74, 6) is -0.569. The van der Waals surface area contributed by atoms with Gasteiger partial charge in [-0.2, -0.15) is 0 Å². The molecule has 0 fully saturated rings. The van der Waals surface area contributed by atoms with E-state index in [4.69, 9.17) is 0 Å². The first-order valence-electron chi connectivity index (χ1n) is 10.5. The molecule has 35 heavy (non-hydrogen) atoms. The van der Waals surface area contributed by atoms with Crippen LogP contribution in [0.15, 0.2) is 52.3 Å². The van der Waals surface area contributed by atoms with Crippen LogP contribution in [0.25, 0.3) is 66.6 Å². The summed E-state index contributed by atoms with van der Waals surface area (Å²) in [5, 5.41) is 4.30. The van der Waals surface area contributed by atoms with Gasteiger partial charge in [0.05, 0.1) is 0 Å². The van der Waals surface area contributed by atoms with Crippen LogP contribution in [0.4, 0.5) is 13.2 Å². The molecule has 0 radical (unpaired) electrons. The molecule has 0 spiro atoms. The molecule has 0 atom stereocenters. The average molecular weight is 758 g/mol. The van der Waals surface area contributed by atoms with Gasteiger partial charge in [-0.15, -0.1) is 0 Å². The second-order valence-corrected chi connectivity index (χ2v) is 18.6. The number of halogens is 3. The van der Waals surface area contributed by atoms with Gasteiger partial charge in [-0.3, -0.25) is 0 Å². The number of rotatable bonds is 2. The van der Waals surface area contributed by atoms with Crippen molar-refractivity contribution in [2.45, 2.75) is 0 Å². The molecule has 9 heteroatoms. The van der Waals surface area contributed by atoms with Gasteiger partial charge in [0.25, 0.3) is 0 Å². The predicted molar refractivity (Wildman–Crippen MR) is 148 cm³/mol. The normalized spacial score (nSPS) is 12.4. The summed E-state index contributed by atoms with van der Waals surface area (Å²) in [7, 11) is 0. The SMILES string of the molecule is Fc1cc[se]c1-c1cc2cc3sc4c5cc6[se]c(-c7[se]ccc7F)c(F)c6cc5sc4c3cc2[se]1. The summed E-state index contributed by atoms with van der Waals surface area (Å²) in [4.78, 5) is 3.78. The second kappa shape index (κ2) is 7.96. The predicted octanol–water partition coefficient (Wildman–Crippen LogP) is 7.55. The zero-order chi connectivity index (χ0) is 23.4. The zero-order valence-corrected chi connectivity index (χ0v) is 25.8. The maximum absolute atomic E-state index is 15.4. The van der Waals surface area contributed by atoms with Crippen LogP contribution in [0.5, 0.6) is 0 Å². The fourth-order valence-electron chi connectivity index (χ4n) is 4.53. The van der Waals surface area contributed by atoms with Gasteiger partial charge in [-0.05, 0) is 0 Å². The summed E-state index contributed by atoms with van der Waals surface area (Å²) in [5.41, 5.74) is 0. The van der Waals surface area contributed by atoms with Gasteiger partial charge in [-0.25, -0.2) is 0 Å². The van der Waals surface area contributed by atoms with E-state index in [0.717, 1.165) is 13.4 Å². The average Bonchev–Trinajstić information content (AvgIpc) is 3.66. The van der Waals surface area contributed by atoms with Gasteiger partial charge in [0.15, 0.2) is 0 Å². The molecule has 0 aliphatic rings. The number of hydrogen-bond donors (Lipinski definition) is 0. The van der Waals surface area contributed by atoms with Crippen molar-refractivity contribution in [2.24, 2.45) is 0 Å². The molecule has 0 aliphatic heterocycles. The molecule has 8 rings (SSSR count). The molecule has 0 bridgehead atoms. The molecule has 0 unspecified atom stereocenters. The van der Waals surface area contributed by atoms with E-state index < -0.39 is 0 Å². The molecular formula is C26H9F3S2Se4. The Hall–Kier alpha value is -1.07. The first-order chi connectivity index (χ1) is 17.0. The maximum atomic E-state index is 15.4. The summed E-state index contributed by atoms with van der Waals surface area (Å²) in [6.07, 6.45) is 0. The van der Waals surface area contributed by atoms with Crippen LogP contribution < -0.4 is 0 Å². The van der Waals surface area contributed by atoms with Crippen molar-refractivity contribution in [3.8, 4) is 17.7 Å². The van der Waals surface area contributed by atoms with Crippen molar-refractivity contribution in [3.63, 3.8) is 0 Å². The van der Waals surface area contributed by atoms with Crippen molar-refractivity contribution in [3.05, 3.63) is 69.8 Å². The van der Waals surface area contributed by atoms with Crippen molar-refractivity contribution >= 4 is 130 Å². The zero-order valence-electron chi connectivity index (χ0n) is 17.3. The number of thiophene rings is 2. The van der Waals surface area contributed by atoms with Crippen molar-refractivity contribution in [2.75, 3.05) is 0 Å². The molecule has 0 saturated carbocycles. The van der Waals surface area contributed by atoms with Crippen LogP contribution in [0.1, 0.15) is 0 Å². The Morgan fingerprint density at radius 2 is 1.26 bits per heavy atom. The standard InChI is InChI=1S/C26H9F3S2Se4/c27-14-1-3-32-24(14)20-6-10-5-16-11(8-18(10)34-20)22-23(30-16)12-9-19-13(7-17(12)31-22)21(29)26(35-19)25-15(28)2-4-33-25/h1-9H. The van der Waals surface area contributed by atoms with E-state index in [0.29, 0.717) is 14.3 Å². The third-order valence-electron chi connectivity index (χ3n) is 6.13. The summed E-state index contributed by atoms with van der Waals surface area (Å²) < 4.78 is 54.2. The fourth-order valence-corrected chi connectivity index (χ4v) is 16.4.